The fraction of sp³-hybridized carbons (Fsp3) is 0.417. The molecule has 0 aliphatic rings. The Morgan fingerprint density at radius 2 is 0.967 bits per heavy atom. The summed E-state index contributed by atoms with van der Waals surface area (Å²) in [5.41, 5.74) is 3.14. The van der Waals surface area contributed by atoms with Gasteiger partial charge in [-0.25, -0.2) is 0 Å². The van der Waals surface area contributed by atoms with Crippen LogP contribution in [0.4, 0.5) is 11.4 Å². The standard InChI is InChI=1S/2C12H16BrNO/c2*1-8-7-9(13)5-6-10(8)14-11(15)12(2,3)4/h2*5-7H,1-4H3,(H,14,15). The molecule has 0 unspecified atom stereocenters. The van der Waals surface area contributed by atoms with Crippen molar-refractivity contribution in [1.29, 1.82) is 0 Å². The highest BCUT2D eigenvalue weighted by Crippen LogP contribution is 2.24. The topological polar surface area (TPSA) is 58.2 Å². The van der Waals surface area contributed by atoms with Crippen LogP contribution in [0, 0.1) is 24.7 Å². The molecule has 0 spiro atoms. The lowest BCUT2D eigenvalue weighted by Gasteiger charge is -2.18. The first kappa shape index (κ1) is 26.4. The summed E-state index contributed by atoms with van der Waals surface area (Å²) in [6, 6.07) is 11.6. The van der Waals surface area contributed by atoms with Gasteiger partial charge in [0, 0.05) is 31.2 Å². The van der Waals surface area contributed by atoms with Crippen molar-refractivity contribution in [3.63, 3.8) is 0 Å². The zero-order chi connectivity index (χ0) is 23.3. The minimum atomic E-state index is -0.362. The quantitative estimate of drug-likeness (QED) is 0.415. The normalized spacial score (nSPS) is 11.3. The van der Waals surface area contributed by atoms with Gasteiger partial charge in [0.25, 0.3) is 0 Å². The molecule has 30 heavy (non-hydrogen) atoms. The molecule has 2 aromatic rings. The number of hydrogen-bond donors (Lipinski definition) is 2. The lowest BCUT2D eigenvalue weighted by molar-refractivity contribution is -0.123. The second-order valence-corrected chi connectivity index (χ2v) is 11.2. The molecule has 0 aliphatic carbocycles. The van der Waals surface area contributed by atoms with Crippen molar-refractivity contribution in [2.75, 3.05) is 10.6 Å². The van der Waals surface area contributed by atoms with E-state index in [0.717, 1.165) is 31.4 Å². The molecule has 0 saturated carbocycles. The molecule has 0 aliphatic heterocycles. The SMILES string of the molecule is Cc1cc(Br)ccc1NC(=O)C(C)(C)C.Cc1cc(Br)ccc1NC(=O)C(C)(C)C. The zero-order valence-corrected chi connectivity index (χ0v) is 22.2. The van der Waals surface area contributed by atoms with E-state index >= 15 is 0 Å². The van der Waals surface area contributed by atoms with Crippen molar-refractivity contribution >= 4 is 55.0 Å². The van der Waals surface area contributed by atoms with Gasteiger partial charge in [0.15, 0.2) is 0 Å². The van der Waals surface area contributed by atoms with E-state index in [1.165, 1.54) is 0 Å². The monoisotopic (exact) mass is 538 g/mol. The van der Waals surface area contributed by atoms with Crippen LogP contribution in [0.3, 0.4) is 0 Å². The van der Waals surface area contributed by atoms with E-state index in [1.807, 2.05) is 91.8 Å². The zero-order valence-electron chi connectivity index (χ0n) is 19.0. The van der Waals surface area contributed by atoms with Crippen LogP contribution in [0.1, 0.15) is 52.7 Å². The number of benzene rings is 2. The molecule has 0 radical (unpaired) electrons. The molecule has 0 saturated heterocycles. The number of amides is 2. The highest BCUT2D eigenvalue weighted by atomic mass is 79.9. The number of carbonyl (C=O) groups excluding carboxylic acids is 2. The van der Waals surface area contributed by atoms with Crippen molar-refractivity contribution in [2.24, 2.45) is 10.8 Å². The van der Waals surface area contributed by atoms with Crippen LogP contribution in [0.25, 0.3) is 0 Å². The Labute approximate surface area is 197 Å². The molecular weight excluding hydrogens is 508 g/mol. The molecule has 2 rings (SSSR count). The van der Waals surface area contributed by atoms with Crippen LogP contribution in [0.15, 0.2) is 45.3 Å². The molecule has 2 N–H and O–H groups in total. The predicted octanol–water partition coefficient (Wildman–Crippen LogP) is 7.48. The van der Waals surface area contributed by atoms with E-state index < -0.39 is 0 Å². The van der Waals surface area contributed by atoms with E-state index in [9.17, 15) is 9.59 Å². The third kappa shape index (κ3) is 8.60. The fourth-order valence-electron chi connectivity index (χ4n) is 2.15. The van der Waals surface area contributed by atoms with Crippen molar-refractivity contribution < 1.29 is 9.59 Å². The van der Waals surface area contributed by atoms with Crippen LogP contribution in [0.2, 0.25) is 0 Å². The largest absolute Gasteiger partial charge is 0.325 e. The number of aryl methyl sites for hydroxylation is 2. The Balaban J connectivity index is 0.000000300. The first-order chi connectivity index (χ1) is 13.6. The maximum atomic E-state index is 11.7. The second-order valence-electron chi connectivity index (χ2n) is 9.33. The molecular formula is C24H32Br2N2O2. The molecule has 0 atom stereocenters. The first-order valence-corrected chi connectivity index (χ1v) is 11.3. The summed E-state index contributed by atoms with van der Waals surface area (Å²) in [5.74, 6) is 0.0702. The molecule has 164 valence electrons. The lowest BCUT2D eigenvalue weighted by atomic mass is 9.95. The van der Waals surface area contributed by atoms with Crippen molar-refractivity contribution in [2.45, 2.75) is 55.4 Å². The van der Waals surface area contributed by atoms with Crippen LogP contribution in [-0.2, 0) is 9.59 Å². The van der Waals surface area contributed by atoms with Crippen LogP contribution >= 0.6 is 31.9 Å². The van der Waals surface area contributed by atoms with E-state index in [4.69, 9.17) is 0 Å². The third-order valence-electron chi connectivity index (χ3n) is 4.24. The van der Waals surface area contributed by atoms with Gasteiger partial charge in [-0.15, -0.1) is 0 Å². The van der Waals surface area contributed by atoms with Gasteiger partial charge < -0.3 is 10.6 Å². The number of anilines is 2. The summed E-state index contributed by atoms with van der Waals surface area (Å²) >= 11 is 6.78. The van der Waals surface area contributed by atoms with Crippen molar-refractivity contribution in [1.82, 2.24) is 0 Å². The van der Waals surface area contributed by atoms with Crippen LogP contribution in [-0.4, -0.2) is 11.8 Å². The minimum absolute atomic E-state index is 0.0351. The molecule has 2 aromatic carbocycles. The molecule has 0 fully saturated rings. The third-order valence-corrected chi connectivity index (χ3v) is 5.22. The molecule has 0 heterocycles. The summed E-state index contributed by atoms with van der Waals surface area (Å²) < 4.78 is 2.04. The molecule has 0 bridgehead atoms. The van der Waals surface area contributed by atoms with E-state index in [2.05, 4.69) is 42.5 Å². The predicted molar refractivity (Wildman–Crippen MR) is 134 cm³/mol. The van der Waals surface area contributed by atoms with E-state index in [-0.39, 0.29) is 22.6 Å². The van der Waals surface area contributed by atoms with Crippen LogP contribution < -0.4 is 10.6 Å². The van der Waals surface area contributed by atoms with Crippen molar-refractivity contribution in [3.05, 3.63) is 56.5 Å². The van der Waals surface area contributed by atoms with Gasteiger partial charge in [-0.05, 0) is 61.4 Å². The Morgan fingerprint density at radius 3 is 1.20 bits per heavy atom. The maximum absolute atomic E-state index is 11.7. The number of halogens is 2. The highest BCUT2D eigenvalue weighted by molar-refractivity contribution is 9.10. The summed E-state index contributed by atoms with van der Waals surface area (Å²) in [7, 11) is 0. The first-order valence-electron chi connectivity index (χ1n) is 9.76. The Morgan fingerprint density at radius 1 is 0.667 bits per heavy atom. The summed E-state index contributed by atoms with van der Waals surface area (Å²) in [6.07, 6.45) is 0. The van der Waals surface area contributed by atoms with Crippen LogP contribution in [0.5, 0.6) is 0 Å². The summed E-state index contributed by atoms with van der Waals surface area (Å²) in [6.45, 7) is 15.3. The average molecular weight is 540 g/mol. The van der Waals surface area contributed by atoms with Gasteiger partial charge in [-0.3, -0.25) is 9.59 Å². The molecule has 6 heteroatoms. The fourth-order valence-corrected chi connectivity index (χ4v) is 3.11. The lowest BCUT2D eigenvalue weighted by Crippen LogP contribution is -2.27. The average Bonchev–Trinajstić information content (AvgIpc) is 2.58. The number of carbonyl (C=O) groups is 2. The maximum Gasteiger partial charge on any atom is 0.229 e. The molecule has 2 amide bonds. The molecule has 4 nitrogen and oxygen atoms in total. The van der Waals surface area contributed by atoms with E-state index in [1.54, 1.807) is 0 Å². The number of nitrogens with one attached hydrogen (secondary N) is 2. The summed E-state index contributed by atoms with van der Waals surface area (Å²) in [4.78, 5) is 23.5. The minimum Gasteiger partial charge on any atom is -0.325 e. The van der Waals surface area contributed by atoms with Crippen molar-refractivity contribution in [3.8, 4) is 0 Å². The summed E-state index contributed by atoms with van der Waals surface area (Å²) in [5, 5.41) is 5.84. The number of hydrogen-bond acceptors (Lipinski definition) is 2. The molecule has 0 aromatic heterocycles. The van der Waals surface area contributed by atoms with Gasteiger partial charge in [-0.1, -0.05) is 73.4 Å². The van der Waals surface area contributed by atoms with Gasteiger partial charge in [0.1, 0.15) is 0 Å². The highest BCUT2D eigenvalue weighted by Gasteiger charge is 2.22. The van der Waals surface area contributed by atoms with Gasteiger partial charge >= 0.3 is 0 Å². The number of rotatable bonds is 2. The van der Waals surface area contributed by atoms with Gasteiger partial charge in [0.2, 0.25) is 11.8 Å². The Hall–Kier alpha value is -1.66. The van der Waals surface area contributed by atoms with E-state index in [0.29, 0.717) is 0 Å². The van der Waals surface area contributed by atoms with Gasteiger partial charge in [-0.2, -0.15) is 0 Å². The second kappa shape index (κ2) is 10.6. The Kier molecular flexibility index (Phi) is 9.30. The van der Waals surface area contributed by atoms with Gasteiger partial charge in [0.05, 0.1) is 0 Å². The Bertz CT molecular complexity index is 835. The smallest absolute Gasteiger partial charge is 0.229 e.